The van der Waals surface area contributed by atoms with Crippen LogP contribution in [0.1, 0.15) is 0 Å². The number of carbonyl (C=O) groups excluding carboxylic acids is 1. The van der Waals surface area contributed by atoms with E-state index in [0.717, 1.165) is 27.6 Å². The van der Waals surface area contributed by atoms with Crippen molar-refractivity contribution < 1.29 is 19.4 Å². The first-order valence-electron chi connectivity index (χ1n) is 7.80. The molecule has 0 saturated carbocycles. The summed E-state index contributed by atoms with van der Waals surface area (Å²) in [6.07, 6.45) is 0.259. The molecular formula is C20H17ClO4. The van der Waals surface area contributed by atoms with Crippen molar-refractivity contribution in [1.82, 2.24) is 0 Å². The zero-order valence-corrected chi connectivity index (χ0v) is 14.2. The highest BCUT2D eigenvalue weighted by molar-refractivity contribution is 6.36. The maximum atomic E-state index is 11.3. The van der Waals surface area contributed by atoms with Gasteiger partial charge >= 0.3 is 5.97 Å². The molecule has 0 fully saturated rings. The van der Waals surface area contributed by atoms with Crippen LogP contribution in [0.2, 0.25) is 5.02 Å². The Hall–Kier alpha value is -2.56. The van der Waals surface area contributed by atoms with Crippen LogP contribution in [0.25, 0.3) is 21.5 Å². The van der Waals surface area contributed by atoms with Gasteiger partial charge in [-0.1, -0.05) is 54.6 Å². The molecule has 0 radical (unpaired) electrons. The second-order valence-electron chi connectivity index (χ2n) is 5.52. The molecule has 0 aliphatic heterocycles. The highest BCUT2D eigenvalue weighted by Gasteiger charge is 2.16. The zero-order chi connectivity index (χ0) is 17.8. The third-order valence-corrected chi connectivity index (χ3v) is 4.17. The van der Waals surface area contributed by atoms with Crippen molar-refractivity contribution in [3.05, 3.63) is 66.2 Å². The van der Waals surface area contributed by atoms with E-state index in [1.54, 1.807) is 6.07 Å². The summed E-state index contributed by atoms with van der Waals surface area (Å²) < 4.78 is 11.0. The Kier molecular flexibility index (Phi) is 5.22. The Labute approximate surface area is 150 Å². The van der Waals surface area contributed by atoms with Gasteiger partial charge < -0.3 is 14.6 Å². The summed E-state index contributed by atoms with van der Waals surface area (Å²) in [5.74, 6) is -0.00439. The molecular weight excluding hydrogens is 340 g/mol. The first kappa shape index (κ1) is 17.3. The van der Waals surface area contributed by atoms with Crippen LogP contribution in [0.3, 0.4) is 0 Å². The van der Waals surface area contributed by atoms with Gasteiger partial charge in [0, 0.05) is 16.8 Å². The van der Waals surface area contributed by atoms with Crippen LogP contribution in [-0.4, -0.2) is 30.4 Å². The van der Waals surface area contributed by atoms with Gasteiger partial charge in [-0.05, 0) is 22.9 Å². The largest absolute Gasteiger partial charge is 0.488 e. The maximum Gasteiger partial charge on any atom is 0.330 e. The molecule has 0 aliphatic carbocycles. The van der Waals surface area contributed by atoms with Crippen LogP contribution in [-0.2, 0) is 9.53 Å². The van der Waals surface area contributed by atoms with Crippen LogP contribution in [0, 0.1) is 0 Å². The fourth-order valence-electron chi connectivity index (χ4n) is 2.70. The van der Waals surface area contributed by atoms with Crippen LogP contribution in [0.5, 0.6) is 5.75 Å². The Morgan fingerprint density at radius 1 is 1.20 bits per heavy atom. The van der Waals surface area contributed by atoms with Crippen molar-refractivity contribution in [3.8, 4) is 5.75 Å². The number of ether oxygens (including phenoxy) is 2. The minimum absolute atomic E-state index is 0.00438. The normalized spacial score (nSPS) is 12.1. The molecule has 5 heteroatoms. The molecule has 0 saturated heterocycles. The number of benzene rings is 3. The number of hydrogen-bond acceptors (Lipinski definition) is 4. The van der Waals surface area contributed by atoms with Crippen molar-refractivity contribution >= 4 is 39.1 Å². The summed E-state index contributed by atoms with van der Waals surface area (Å²) in [4.78, 5) is 11.3. The molecule has 0 heterocycles. The number of rotatable bonds is 6. The maximum absolute atomic E-state index is 11.3. The lowest BCUT2D eigenvalue weighted by molar-refractivity contribution is -0.146. The van der Waals surface area contributed by atoms with Gasteiger partial charge in [-0.25, -0.2) is 4.79 Å². The van der Waals surface area contributed by atoms with Gasteiger partial charge in [0.25, 0.3) is 0 Å². The number of aliphatic hydroxyl groups excluding tert-OH is 1. The minimum atomic E-state index is -0.790. The summed E-state index contributed by atoms with van der Waals surface area (Å²) >= 11 is 6.39. The van der Waals surface area contributed by atoms with E-state index in [9.17, 15) is 9.90 Å². The number of aliphatic hydroxyl groups is 1. The predicted octanol–water partition coefficient (Wildman–Crippen LogP) is 4.12. The third-order valence-electron chi connectivity index (χ3n) is 3.86. The van der Waals surface area contributed by atoms with Crippen molar-refractivity contribution in [3.63, 3.8) is 0 Å². The number of fused-ring (bicyclic) bond motifs is 2. The van der Waals surface area contributed by atoms with Crippen molar-refractivity contribution in [1.29, 1.82) is 0 Å². The highest BCUT2D eigenvalue weighted by Crippen LogP contribution is 2.38. The third kappa shape index (κ3) is 3.60. The minimum Gasteiger partial charge on any atom is -0.488 e. The van der Waals surface area contributed by atoms with Crippen molar-refractivity contribution in [2.24, 2.45) is 0 Å². The second kappa shape index (κ2) is 7.55. The molecule has 1 atom stereocenters. The molecule has 0 bridgehead atoms. The standard InChI is InChI=1S/C20H17ClO4/c1-2-18(23)25-15(11-22)12-24-20-16-8-4-3-6-13(16)10-14-7-5-9-17(21)19(14)20/h2-10,15,22H,1,11-12H2. The molecule has 3 aromatic rings. The van der Waals surface area contributed by atoms with Gasteiger partial charge in [-0.2, -0.15) is 0 Å². The molecule has 0 aromatic heterocycles. The van der Waals surface area contributed by atoms with Crippen LogP contribution in [0.4, 0.5) is 0 Å². The number of halogens is 1. The molecule has 3 aromatic carbocycles. The Morgan fingerprint density at radius 3 is 2.72 bits per heavy atom. The highest BCUT2D eigenvalue weighted by atomic mass is 35.5. The molecule has 0 aliphatic rings. The molecule has 1 N–H and O–H groups in total. The van der Waals surface area contributed by atoms with Gasteiger partial charge in [0.05, 0.1) is 11.6 Å². The van der Waals surface area contributed by atoms with E-state index in [0.29, 0.717) is 10.8 Å². The lowest BCUT2D eigenvalue weighted by Crippen LogP contribution is -2.27. The van der Waals surface area contributed by atoms with Gasteiger partial charge in [0.2, 0.25) is 0 Å². The van der Waals surface area contributed by atoms with Gasteiger partial charge in [0.15, 0.2) is 6.10 Å². The molecule has 128 valence electrons. The summed E-state index contributed by atoms with van der Waals surface area (Å²) in [6.45, 7) is 3.00. The monoisotopic (exact) mass is 356 g/mol. The molecule has 0 amide bonds. The summed E-state index contributed by atoms with van der Waals surface area (Å²) in [6, 6.07) is 15.5. The predicted molar refractivity (Wildman–Crippen MR) is 99.1 cm³/mol. The number of hydrogen-bond donors (Lipinski definition) is 1. The molecule has 0 spiro atoms. The van der Waals surface area contributed by atoms with E-state index in [2.05, 4.69) is 6.58 Å². The number of carbonyl (C=O) groups is 1. The van der Waals surface area contributed by atoms with E-state index >= 15 is 0 Å². The Morgan fingerprint density at radius 2 is 1.96 bits per heavy atom. The summed E-state index contributed by atoms with van der Waals surface area (Å²) in [5, 5.41) is 13.6. The molecule has 3 rings (SSSR count). The van der Waals surface area contributed by atoms with Gasteiger partial charge in [0.1, 0.15) is 12.4 Å². The topological polar surface area (TPSA) is 55.8 Å². The van der Waals surface area contributed by atoms with Crippen molar-refractivity contribution in [2.75, 3.05) is 13.2 Å². The number of esters is 1. The van der Waals surface area contributed by atoms with E-state index in [-0.39, 0.29) is 13.2 Å². The Balaban J connectivity index is 2.03. The first-order valence-corrected chi connectivity index (χ1v) is 8.18. The fraction of sp³-hybridized carbons (Fsp3) is 0.150. The van der Waals surface area contributed by atoms with Crippen LogP contribution < -0.4 is 4.74 Å². The van der Waals surface area contributed by atoms with Crippen molar-refractivity contribution in [2.45, 2.75) is 6.10 Å². The van der Waals surface area contributed by atoms with E-state index in [4.69, 9.17) is 21.1 Å². The average Bonchev–Trinajstić information content (AvgIpc) is 2.64. The van der Waals surface area contributed by atoms with Gasteiger partial charge in [-0.3, -0.25) is 0 Å². The lowest BCUT2D eigenvalue weighted by atomic mass is 10.0. The summed E-state index contributed by atoms with van der Waals surface area (Å²) in [5.41, 5.74) is 0. The molecule has 1 unspecified atom stereocenters. The van der Waals surface area contributed by atoms with Crippen LogP contribution in [0.15, 0.2) is 61.2 Å². The summed E-state index contributed by atoms with van der Waals surface area (Å²) in [7, 11) is 0. The van der Waals surface area contributed by atoms with Gasteiger partial charge in [-0.15, -0.1) is 0 Å². The quantitative estimate of drug-likeness (QED) is 0.410. The van der Waals surface area contributed by atoms with E-state index < -0.39 is 12.1 Å². The average molecular weight is 357 g/mol. The van der Waals surface area contributed by atoms with Crippen LogP contribution >= 0.6 is 11.6 Å². The lowest BCUT2D eigenvalue weighted by Gasteiger charge is -2.18. The Bertz CT molecular complexity index is 936. The fourth-order valence-corrected chi connectivity index (χ4v) is 2.96. The smallest absolute Gasteiger partial charge is 0.330 e. The molecule has 4 nitrogen and oxygen atoms in total. The SMILES string of the molecule is C=CC(=O)OC(CO)COc1c2ccccc2cc2cccc(Cl)c12. The molecule has 25 heavy (non-hydrogen) atoms. The second-order valence-corrected chi connectivity index (χ2v) is 5.93. The zero-order valence-electron chi connectivity index (χ0n) is 13.4. The first-order chi connectivity index (χ1) is 12.1. The van der Waals surface area contributed by atoms with E-state index in [1.807, 2.05) is 42.5 Å². The van der Waals surface area contributed by atoms with E-state index in [1.165, 1.54) is 0 Å².